The molecule has 2 bridgehead atoms. The van der Waals surface area contributed by atoms with E-state index >= 15 is 0 Å². The lowest BCUT2D eigenvalue weighted by Crippen LogP contribution is -2.40. The van der Waals surface area contributed by atoms with Gasteiger partial charge in [0.05, 0.1) is 0 Å². The molecule has 3 fully saturated rings. The van der Waals surface area contributed by atoms with Gasteiger partial charge in [-0.3, -0.25) is 4.79 Å². The number of amides is 1. The normalized spacial score (nSPS) is 47.0. The van der Waals surface area contributed by atoms with E-state index in [1.807, 2.05) is 0 Å². The first-order valence-corrected chi connectivity index (χ1v) is 8.76. The van der Waals surface area contributed by atoms with Gasteiger partial charge in [0, 0.05) is 6.04 Å². The van der Waals surface area contributed by atoms with Crippen LogP contribution in [0.5, 0.6) is 0 Å². The molecule has 5 heteroatoms. The molecule has 2 N–H and O–H groups in total. The third-order valence-corrected chi connectivity index (χ3v) is 7.16. The lowest BCUT2D eigenvalue weighted by atomic mass is 9.92. The summed E-state index contributed by atoms with van der Waals surface area (Å²) in [5, 5.41) is 7.85. The molecule has 5 atom stereocenters. The van der Waals surface area contributed by atoms with E-state index in [1.54, 1.807) is 11.8 Å². The Labute approximate surface area is 124 Å². The number of nitrogens with zero attached hydrogens (tertiary/aromatic N) is 1. The number of rotatable bonds is 2. The highest BCUT2D eigenvalue weighted by atomic mass is 32.2. The van der Waals surface area contributed by atoms with Crippen molar-refractivity contribution in [3.8, 4) is 0 Å². The molecule has 20 heavy (non-hydrogen) atoms. The van der Waals surface area contributed by atoms with Crippen LogP contribution in [-0.2, 0) is 4.79 Å². The van der Waals surface area contributed by atoms with Crippen LogP contribution in [0.15, 0.2) is 4.99 Å². The number of hydrogen-bond acceptors (Lipinski definition) is 4. The van der Waals surface area contributed by atoms with Crippen LogP contribution in [0.4, 0.5) is 0 Å². The Morgan fingerprint density at radius 1 is 1.35 bits per heavy atom. The standard InChI is InChI=1S/C15H23N3OS/c1-15(11-4-5-16-8-11)13(19)18-14(20-15)17-12-7-9-2-3-10(12)6-9/h9-12,16H,2-8H2,1H3,(H,17,18,19)/t9-,10?,11?,12+,15?/m1/s1. The first kappa shape index (κ1) is 13.1. The van der Waals surface area contributed by atoms with E-state index in [2.05, 4.69) is 22.5 Å². The smallest absolute Gasteiger partial charge is 0.264 e. The maximum atomic E-state index is 12.4. The minimum absolute atomic E-state index is 0.0712. The van der Waals surface area contributed by atoms with Crippen LogP contribution in [0.3, 0.4) is 0 Å². The molecule has 4 aliphatic rings. The van der Waals surface area contributed by atoms with E-state index in [-0.39, 0.29) is 10.7 Å². The predicted molar refractivity (Wildman–Crippen MR) is 81.8 cm³/mol. The summed E-state index contributed by atoms with van der Waals surface area (Å²) in [4.78, 5) is 16.7. The second kappa shape index (κ2) is 4.73. The van der Waals surface area contributed by atoms with Crippen molar-refractivity contribution in [2.45, 2.75) is 49.8 Å². The van der Waals surface area contributed by atoms with E-state index in [0.29, 0.717) is 12.0 Å². The molecule has 0 aromatic carbocycles. The highest BCUT2D eigenvalue weighted by molar-refractivity contribution is 8.16. The van der Waals surface area contributed by atoms with E-state index in [9.17, 15) is 4.79 Å². The van der Waals surface area contributed by atoms with Crippen LogP contribution in [0, 0.1) is 17.8 Å². The zero-order chi connectivity index (χ0) is 13.7. The predicted octanol–water partition coefficient (Wildman–Crippen LogP) is 1.76. The summed E-state index contributed by atoms with van der Waals surface area (Å²) in [6, 6.07) is 0.567. The highest BCUT2D eigenvalue weighted by Gasteiger charge is 2.49. The molecule has 0 radical (unpaired) electrons. The summed E-state index contributed by atoms with van der Waals surface area (Å²) >= 11 is 1.68. The molecule has 2 heterocycles. The van der Waals surface area contributed by atoms with Crippen LogP contribution >= 0.6 is 11.8 Å². The van der Waals surface area contributed by atoms with Crippen LogP contribution in [0.1, 0.15) is 39.0 Å². The van der Waals surface area contributed by atoms with Crippen molar-refractivity contribution in [3.63, 3.8) is 0 Å². The largest absolute Gasteiger partial charge is 0.361 e. The van der Waals surface area contributed by atoms with Gasteiger partial charge in [0.1, 0.15) is 4.75 Å². The number of hydrogen-bond donors (Lipinski definition) is 2. The van der Waals surface area contributed by atoms with Crippen molar-refractivity contribution >= 4 is 22.8 Å². The molecular weight excluding hydrogens is 270 g/mol. The number of nitrogens with one attached hydrogen (secondary N) is 2. The van der Waals surface area contributed by atoms with Gasteiger partial charge in [-0.05, 0) is 63.5 Å². The Bertz CT molecular complexity index is 460. The molecular formula is C15H23N3OS. The van der Waals surface area contributed by atoms with Crippen molar-refractivity contribution < 1.29 is 4.79 Å². The van der Waals surface area contributed by atoms with Crippen LogP contribution in [0.2, 0.25) is 0 Å². The quantitative estimate of drug-likeness (QED) is 0.814. The van der Waals surface area contributed by atoms with Crippen molar-refractivity contribution in [2.75, 3.05) is 13.1 Å². The maximum absolute atomic E-state index is 12.4. The molecule has 0 aromatic heterocycles. The van der Waals surface area contributed by atoms with Crippen LogP contribution in [-0.4, -0.2) is 35.0 Å². The number of carbonyl (C=O) groups excluding carboxylic acids is 1. The molecule has 1 amide bonds. The lowest BCUT2D eigenvalue weighted by molar-refractivity contribution is -0.120. The maximum Gasteiger partial charge on any atom is 0.264 e. The summed E-state index contributed by atoms with van der Waals surface area (Å²) in [6.45, 7) is 4.06. The Hall–Kier alpha value is -0.550. The summed E-state index contributed by atoms with van der Waals surface area (Å²) < 4.78 is -0.344. The van der Waals surface area contributed by atoms with Gasteiger partial charge in [-0.15, -0.1) is 0 Å². The van der Waals surface area contributed by atoms with Gasteiger partial charge >= 0.3 is 0 Å². The van der Waals surface area contributed by atoms with Crippen LogP contribution in [0.25, 0.3) is 0 Å². The molecule has 2 aliphatic heterocycles. The second-order valence-corrected chi connectivity index (χ2v) is 8.49. The van der Waals surface area contributed by atoms with Crippen molar-refractivity contribution in [1.29, 1.82) is 0 Å². The Morgan fingerprint density at radius 2 is 2.25 bits per heavy atom. The minimum Gasteiger partial charge on any atom is -0.361 e. The van der Waals surface area contributed by atoms with Gasteiger partial charge in [0.25, 0.3) is 5.91 Å². The first-order chi connectivity index (χ1) is 9.65. The first-order valence-electron chi connectivity index (χ1n) is 7.94. The van der Waals surface area contributed by atoms with Gasteiger partial charge in [0.2, 0.25) is 0 Å². The summed E-state index contributed by atoms with van der Waals surface area (Å²) in [5.41, 5.74) is 0. The number of fused-ring (bicyclic) bond motifs is 2. The average Bonchev–Trinajstić information content (AvgIpc) is 3.16. The Morgan fingerprint density at radius 3 is 2.90 bits per heavy atom. The van der Waals surface area contributed by atoms with Crippen molar-refractivity contribution in [1.82, 2.24) is 10.6 Å². The SMILES string of the molecule is CC1(C2CCNC2)SC(N[C@H]2C[C@@H]3CCC2C3)=NC1=O. The molecule has 4 rings (SSSR count). The van der Waals surface area contributed by atoms with Crippen molar-refractivity contribution in [3.05, 3.63) is 0 Å². The molecule has 0 aromatic rings. The van der Waals surface area contributed by atoms with Gasteiger partial charge in [-0.2, -0.15) is 4.99 Å². The zero-order valence-electron chi connectivity index (χ0n) is 12.0. The van der Waals surface area contributed by atoms with E-state index in [4.69, 9.17) is 0 Å². The third kappa shape index (κ3) is 2.01. The average molecular weight is 293 g/mol. The summed E-state index contributed by atoms with van der Waals surface area (Å²) in [5.74, 6) is 2.23. The van der Waals surface area contributed by atoms with Crippen molar-refractivity contribution in [2.24, 2.45) is 22.7 Å². The van der Waals surface area contributed by atoms with Gasteiger partial charge in [0.15, 0.2) is 5.17 Å². The molecule has 2 aliphatic carbocycles. The number of amidine groups is 1. The van der Waals surface area contributed by atoms with E-state index in [0.717, 1.165) is 36.5 Å². The summed E-state index contributed by atoms with van der Waals surface area (Å²) in [6.07, 6.45) is 6.52. The molecule has 2 saturated carbocycles. The number of thioether (sulfide) groups is 1. The third-order valence-electron chi connectivity index (χ3n) is 5.82. The van der Waals surface area contributed by atoms with Crippen LogP contribution < -0.4 is 10.6 Å². The fourth-order valence-electron chi connectivity index (χ4n) is 4.50. The number of aliphatic imine (C=N–C) groups is 1. The number of carbonyl (C=O) groups is 1. The highest BCUT2D eigenvalue weighted by Crippen LogP contribution is 2.46. The Kier molecular flexibility index (Phi) is 3.11. The van der Waals surface area contributed by atoms with Gasteiger partial charge in [-0.25, -0.2) is 0 Å². The monoisotopic (exact) mass is 293 g/mol. The summed E-state index contributed by atoms with van der Waals surface area (Å²) in [7, 11) is 0. The fraction of sp³-hybridized carbons (Fsp3) is 0.867. The lowest BCUT2D eigenvalue weighted by Gasteiger charge is -2.28. The zero-order valence-corrected chi connectivity index (χ0v) is 12.8. The second-order valence-electron chi connectivity index (χ2n) is 7.05. The minimum atomic E-state index is -0.344. The van der Waals surface area contributed by atoms with E-state index < -0.39 is 0 Å². The van der Waals surface area contributed by atoms with Gasteiger partial charge in [-0.1, -0.05) is 18.2 Å². The Balaban J connectivity index is 1.43. The molecule has 110 valence electrons. The van der Waals surface area contributed by atoms with Gasteiger partial charge < -0.3 is 10.6 Å². The van der Waals surface area contributed by atoms with E-state index in [1.165, 1.54) is 25.7 Å². The topological polar surface area (TPSA) is 53.5 Å². The molecule has 0 spiro atoms. The fourth-order valence-corrected chi connectivity index (χ4v) is 5.74. The molecule has 3 unspecified atom stereocenters. The molecule has 1 saturated heterocycles. The molecule has 4 nitrogen and oxygen atoms in total.